The Hall–Kier alpha value is -2.62. The molecule has 2 aromatic carbocycles. The molecule has 0 bridgehead atoms. The van der Waals surface area contributed by atoms with Crippen molar-refractivity contribution < 1.29 is 14.0 Å². The summed E-state index contributed by atoms with van der Waals surface area (Å²) in [4.78, 5) is 24.7. The summed E-state index contributed by atoms with van der Waals surface area (Å²) in [6.45, 7) is 4.15. The smallest absolute Gasteiger partial charge is 0.254 e. The number of aromatic nitrogens is 3. The van der Waals surface area contributed by atoms with E-state index in [2.05, 4.69) is 20.8 Å². The number of anilines is 1. The van der Waals surface area contributed by atoms with E-state index in [0.29, 0.717) is 33.3 Å². The van der Waals surface area contributed by atoms with Crippen molar-refractivity contribution in [3.63, 3.8) is 0 Å². The lowest BCUT2D eigenvalue weighted by molar-refractivity contribution is -0.113. The molecule has 32 heavy (non-hydrogen) atoms. The molecule has 2 N–H and O–H groups in total. The fourth-order valence-corrected chi connectivity index (χ4v) is 4.06. The van der Waals surface area contributed by atoms with Gasteiger partial charge in [0, 0.05) is 11.6 Å². The van der Waals surface area contributed by atoms with Gasteiger partial charge in [-0.3, -0.25) is 9.59 Å². The average molecular weight is 496 g/mol. The van der Waals surface area contributed by atoms with Crippen molar-refractivity contribution in [3.8, 4) is 0 Å². The van der Waals surface area contributed by atoms with Crippen LogP contribution >= 0.6 is 35.0 Å². The molecule has 0 unspecified atom stereocenters. The van der Waals surface area contributed by atoms with Gasteiger partial charge in [-0.05, 0) is 44.2 Å². The van der Waals surface area contributed by atoms with Gasteiger partial charge in [-0.25, -0.2) is 4.39 Å². The number of halogens is 3. The van der Waals surface area contributed by atoms with Crippen LogP contribution in [0.4, 0.5) is 10.1 Å². The molecule has 3 aromatic rings. The maximum atomic E-state index is 13.9. The fourth-order valence-electron chi connectivity index (χ4n) is 2.92. The minimum atomic E-state index is -0.601. The third-order valence-corrected chi connectivity index (χ3v) is 5.98. The molecule has 0 aliphatic carbocycles. The summed E-state index contributed by atoms with van der Waals surface area (Å²) >= 11 is 13.2. The minimum absolute atomic E-state index is 0.0483. The van der Waals surface area contributed by atoms with Crippen LogP contribution in [0.25, 0.3) is 0 Å². The number of carbonyl (C=O) groups excluding carboxylic acids is 2. The second-order valence-electron chi connectivity index (χ2n) is 6.72. The lowest BCUT2D eigenvalue weighted by Gasteiger charge is -2.15. The second kappa shape index (κ2) is 10.8. The predicted octanol–water partition coefficient (Wildman–Crippen LogP) is 4.97. The van der Waals surface area contributed by atoms with Gasteiger partial charge in [-0.1, -0.05) is 47.1 Å². The van der Waals surface area contributed by atoms with Gasteiger partial charge in [-0.2, -0.15) is 0 Å². The van der Waals surface area contributed by atoms with E-state index >= 15 is 0 Å². The molecule has 0 saturated heterocycles. The van der Waals surface area contributed by atoms with Gasteiger partial charge in [0.2, 0.25) is 5.91 Å². The Morgan fingerprint density at radius 1 is 1.19 bits per heavy atom. The third-order valence-electron chi connectivity index (χ3n) is 4.45. The van der Waals surface area contributed by atoms with Crippen LogP contribution < -0.4 is 10.6 Å². The first-order chi connectivity index (χ1) is 15.3. The van der Waals surface area contributed by atoms with Crippen LogP contribution in [0.1, 0.15) is 36.1 Å². The molecule has 0 aliphatic heterocycles. The van der Waals surface area contributed by atoms with Crippen LogP contribution in [0.3, 0.4) is 0 Å². The first kappa shape index (κ1) is 24.0. The molecule has 0 saturated carbocycles. The van der Waals surface area contributed by atoms with Gasteiger partial charge in [0.1, 0.15) is 5.82 Å². The molecule has 0 fully saturated rings. The van der Waals surface area contributed by atoms with Gasteiger partial charge in [0.05, 0.1) is 28.1 Å². The molecular formula is C21H20Cl2FN5O2S. The van der Waals surface area contributed by atoms with E-state index in [4.69, 9.17) is 23.2 Å². The van der Waals surface area contributed by atoms with Crippen molar-refractivity contribution in [1.82, 2.24) is 20.1 Å². The highest BCUT2D eigenvalue weighted by Crippen LogP contribution is 2.26. The number of nitrogens with zero attached hydrogens (tertiary/aromatic N) is 3. The summed E-state index contributed by atoms with van der Waals surface area (Å²) in [5.74, 6) is -0.869. The van der Waals surface area contributed by atoms with E-state index < -0.39 is 17.8 Å². The molecule has 3 rings (SSSR count). The number of carbonyl (C=O) groups is 2. The first-order valence-corrected chi connectivity index (χ1v) is 11.4. The Labute approximate surface area is 198 Å². The van der Waals surface area contributed by atoms with Gasteiger partial charge in [-0.15, -0.1) is 10.2 Å². The summed E-state index contributed by atoms with van der Waals surface area (Å²) in [6, 6.07) is 10.0. The molecule has 11 heteroatoms. The quantitative estimate of drug-likeness (QED) is 0.430. The van der Waals surface area contributed by atoms with E-state index in [1.165, 1.54) is 30.0 Å². The van der Waals surface area contributed by atoms with E-state index in [1.807, 2.05) is 6.92 Å². The summed E-state index contributed by atoms with van der Waals surface area (Å²) in [6.07, 6.45) is 0. The largest absolute Gasteiger partial charge is 0.342 e. The Bertz CT molecular complexity index is 1140. The third kappa shape index (κ3) is 5.79. The zero-order valence-electron chi connectivity index (χ0n) is 17.2. The topological polar surface area (TPSA) is 88.9 Å². The summed E-state index contributed by atoms with van der Waals surface area (Å²) in [5.41, 5.74) is 0.375. The molecule has 1 atom stereocenters. The van der Waals surface area contributed by atoms with Gasteiger partial charge < -0.3 is 15.2 Å². The minimum Gasteiger partial charge on any atom is -0.342 e. The van der Waals surface area contributed by atoms with Crippen molar-refractivity contribution in [3.05, 3.63) is 69.7 Å². The summed E-state index contributed by atoms with van der Waals surface area (Å²) in [7, 11) is 0. The second-order valence-corrected chi connectivity index (χ2v) is 8.51. The zero-order valence-corrected chi connectivity index (χ0v) is 19.6. The molecule has 0 aliphatic rings. The normalized spacial score (nSPS) is 11.8. The summed E-state index contributed by atoms with van der Waals surface area (Å²) in [5, 5.41) is 15.1. The Kier molecular flexibility index (Phi) is 8.11. The molecule has 168 valence electrons. The maximum Gasteiger partial charge on any atom is 0.254 e. The van der Waals surface area contributed by atoms with E-state index in [1.54, 1.807) is 35.8 Å². The highest BCUT2D eigenvalue weighted by Gasteiger charge is 2.21. The van der Waals surface area contributed by atoms with E-state index in [0.717, 1.165) is 0 Å². The first-order valence-electron chi connectivity index (χ1n) is 9.66. The highest BCUT2D eigenvalue weighted by atomic mass is 35.5. The number of amides is 2. The van der Waals surface area contributed by atoms with E-state index in [-0.39, 0.29) is 17.2 Å². The van der Waals surface area contributed by atoms with Crippen LogP contribution in [-0.4, -0.2) is 32.3 Å². The molecule has 0 spiro atoms. The monoisotopic (exact) mass is 495 g/mol. The lowest BCUT2D eigenvalue weighted by Crippen LogP contribution is -2.29. The molecule has 1 heterocycles. The zero-order chi connectivity index (χ0) is 23.3. The summed E-state index contributed by atoms with van der Waals surface area (Å²) < 4.78 is 15.7. The number of hydrogen-bond acceptors (Lipinski definition) is 5. The number of hydrogen-bond donors (Lipinski definition) is 2. The Morgan fingerprint density at radius 3 is 2.66 bits per heavy atom. The number of rotatable bonds is 8. The fraction of sp³-hybridized carbons (Fsp3) is 0.238. The molecule has 7 nitrogen and oxygen atoms in total. The number of benzene rings is 2. The molecule has 2 amide bonds. The van der Waals surface area contributed by atoms with Crippen LogP contribution in [0.2, 0.25) is 10.0 Å². The van der Waals surface area contributed by atoms with Gasteiger partial charge >= 0.3 is 0 Å². The SMILES string of the molecule is CCn1c(SCC(=O)Nc2cc(Cl)ccc2Cl)nnc1[C@H](C)NC(=O)c1ccccc1F. The van der Waals surface area contributed by atoms with Gasteiger partial charge in [0.15, 0.2) is 11.0 Å². The maximum absolute atomic E-state index is 13.9. The molecule has 0 radical (unpaired) electrons. The van der Waals surface area contributed by atoms with Crippen LogP contribution in [0.15, 0.2) is 47.6 Å². The van der Waals surface area contributed by atoms with Crippen molar-refractivity contribution in [1.29, 1.82) is 0 Å². The van der Waals surface area contributed by atoms with Crippen molar-refractivity contribution in [2.45, 2.75) is 31.6 Å². The van der Waals surface area contributed by atoms with Crippen molar-refractivity contribution in [2.75, 3.05) is 11.1 Å². The van der Waals surface area contributed by atoms with Gasteiger partial charge in [0.25, 0.3) is 5.91 Å². The van der Waals surface area contributed by atoms with Crippen LogP contribution in [0, 0.1) is 5.82 Å². The Balaban J connectivity index is 1.65. The highest BCUT2D eigenvalue weighted by molar-refractivity contribution is 7.99. The lowest BCUT2D eigenvalue weighted by atomic mass is 10.2. The molecule has 1 aromatic heterocycles. The standard InChI is InChI=1S/C21H20Cl2FN5O2S/c1-3-29-19(12(2)25-20(31)14-6-4-5-7-16(14)24)27-28-21(29)32-11-18(30)26-17-10-13(22)8-9-15(17)23/h4-10,12H,3,11H2,1-2H3,(H,25,31)(H,26,30)/t12-/m0/s1. The van der Waals surface area contributed by atoms with Crippen LogP contribution in [-0.2, 0) is 11.3 Å². The van der Waals surface area contributed by atoms with Crippen LogP contribution in [0.5, 0.6) is 0 Å². The number of nitrogens with one attached hydrogen (secondary N) is 2. The van der Waals surface area contributed by atoms with Crippen molar-refractivity contribution >= 4 is 52.5 Å². The number of thioether (sulfide) groups is 1. The van der Waals surface area contributed by atoms with Crippen molar-refractivity contribution in [2.24, 2.45) is 0 Å². The Morgan fingerprint density at radius 2 is 1.94 bits per heavy atom. The molecular weight excluding hydrogens is 476 g/mol. The average Bonchev–Trinajstić information content (AvgIpc) is 3.18. The van der Waals surface area contributed by atoms with E-state index in [9.17, 15) is 14.0 Å². The predicted molar refractivity (Wildman–Crippen MR) is 124 cm³/mol.